The summed E-state index contributed by atoms with van der Waals surface area (Å²) in [6.45, 7) is 1.67. The van der Waals surface area contributed by atoms with Gasteiger partial charge >= 0.3 is 0 Å². The van der Waals surface area contributed by atoms with Crippen LogP contribution in [0.15, 0.2) is 85.1 Å². The van der Waals surface area contributed by atoms with Gasteiger partial charge in [-0.2, -0.15) is 5.10 Å². The maximum absolute atomic E-state index is 14.0. The van der Waals surface area contributed by atoms with Gasteiger partial charge in [-0.15, -0.1) is 5.10 Å². The molecule has 0 spiro atoms. The number of aryl methyl sites for hydroxylation is 2. The largest absolute Gasteiger partial charge is 0.350 e. The van der Waals surface area contributed by atoms with Gasteiger partial charge in [-0.3, -0.25) is 14.3 Å². The van der Waals surface area contributed by atoms with E-state index in [1.165, 1.54) is 11.1 Å². The summed E-state index contributed by atoms with van der Waals surface area (Å²) in [5.74, 6) is 0.354. The number of aromatic nitrogens is 5. The summed E-state index contributed by atoms with van der Waals surface area (Å²) in [6, 6.07) is 26.0. The number of nitrogens with one attached hydrogen (secondary N) is 2. The summed E-state index contributed by atoms with van der Waals surface area (Å²) < 4.78 is 3.59. The fourth-order valence-electron chi connectivity index (χ4n) is 6.97. The molecule has 10 nitrogen and oxygen atoms in total. The second kappa shape index (κ2) is 12.3. The van der Waals surface area contributed by atoms with Crippen LogP contribution in [0.25, 0.3) is 22.3 Å². The molecule has 2 fully saturated rings. The van der Waals surface area contributed by atoms with E-state index >= 15 is 0 Å². The fourth-order valence-corrected chi connectivity index (χ4v) is 6.97. The molecule has 2 aliphatic heterocycles. The van der Waals surface area contributed by atoms with Crippen LogP contribution in [0.1, 0.15) is 35.4 Å². The predicted octanol–water partition coefficient (Wildman–Crippen LogP) is 3.59. The summed E-state index contributed by atoms with van der Waals surface area (Å²) in [7, 11) is 3.79. The Kier molecular flexibility index (Phi) is 7.89. The van der Waals surface area contributed by atoms with Gasteiger partial charge in [0.25, 0.3) is 0 Å². The van der Waals surface area contributed by atoms with Gasteiger partial charge in [0.1, 0.15) is 11.6 Å². The Morgan fingerprint density at radius 2 is 1.73 bits per heavy atom. The van der Waals surface area contributed by atoms with Crippen LogP contribution in [-0.2, 0) is 36.6 Å². The number of hydrogen-bond acceptors (Lipinski definition) is 6. The monoisotopic (exact) mass is 602 g/mol. The zero-order chi connectivity index (χ0) is 30.9. The van der Waals surface area contributed by atoms with Crippen LogP contribution in [0.5, 0.6) is 0 Å². The van der Waals surface area contributed by atoms with Gasteiger partial charge in [0.15, 0.2) is 0 Å². The van der Waals surface area contributed by atoms with E-state index in [1.807, 2.05) is 66.1 Å². The van der Waals surface area contributed by atoms with Crippen molar-refractivity contribution >= 4 is 22.8 Å². The maximum atomic E-state index is 14.0. The molecule has 4 heterocycles. The minimum absolute atomic E-state index is 0.0172. The molecule has 5 aromatic rings. The smallest absolute Gasteiger partial charge is 0.243 e. The first-order chi connectivity index (χ1) is 21.9. The van der Waals surface area contributed by atoms with Crippen molar-refractivity contribution in [3.8, 4) is 11.3 Å². The summed E-state index contributed by atoms with van der Waals surface area (Å²) in [6.07, 6.45) is 3.95. The summed E-state index contributed by atoms with van der Waals surface area (Å²) in [5.41, 5.74) is 7.28. The molecular weight excluding hydrogens is 564 g/mol. The highest BCUT2D eigenvalue weighted by molar-refractivity contribution is 5.91. The number of carbonyl (C=O) groups is 2. The first-order valence-corrected chi connectivity index (χ1v) is 15.6. The lowest BCUT2D eigenvalue weighted by Crippen LogP contribution is -2.51. The Morgan fingerprint density at radius 3 is 2.51 bits per heavy atom. The summed E-state index contributed by atoms with van der Waals surface area (Å²) >= 11 is 0. The number of amides is 2. The third kappa shape index (κ3) is 5.98. The highest BCUT2D eigenvalue weighted by Gasteiger charge is 2.43. The van der Waals surface area contributed by atoms with E-state index in [4.69, 9.17) is 0 Å². The molecule has 2 aromatic heterocycles. The molecule has 2 amide bonds. The standard InChI is InChI=1S/C35H38N8O2/c1-41-31(14-15-38-41)27-11-8-23(9-12-27)16-25-18-33(34(44)37-20-24-10-13-32-29(17-24)39-40-42(32)2)43(22-25)35(45)30-19-28(21-36-30)26-6-4-3-5-7-26/h3-15,17,25,28,30,33,36H,16,18-22H2,1-2H3,(H,37,44)/t25-,28-,30-,33+/m1/s1. The van der Waals surface area contributed by atoms with Gasteiger partial charge in [-0.25, -0.2) is 4.68 Å². The first-order valence-electron chi connectivity index (χ1n) is 15.6. The molecule has 0 unspecified atom stereocenters. The average Bonchev–Trinajstić information content (AvgIpc) is 3.88. The summed E-state index contributed by atoms with van der Waals surface area (Å²) in [4.78, 5) is 29.6. The van der Waals surface area contributed by atoms with Gasteiger partial charge in [0, 0.05) is 39.9 Å². The molecule has 0 saturated carbocycles. The van der Waals surface area contributed by atoms with Gasteiger partial charge in [0.05, 0.1) is 17.3 Å². The Balaban J connectivity index is 1.06. The van der Waals surface area contributed by atoms with Crippen LogP contribution in [0.3, 0.4) is 0 Å². The van der Waals surface area contributed by atoms with Gasteiger partial charge in [-0.1, -0.05) is 65.9 Å². The van der Waals surface area contributed by atoms with E-state index in [1.54, 1.807) is 10.9 Å². The number of nitrogens with zero attached hydrogens (tertiary/aromatic N) is 6. The number of carbonyl (C=O) groups excluding carboxylic acids is 2. The molecule has 45 heavy (non-hydrogen) atoms. The van der Waals surface area contributed by atoms with Gasteiger partial charge in [-0.05, 0) is 71.6 Å². The van der Waals surface area contributed by atoms with E-state index < -0.39 is 6.04 Å². The first kappa shape index (κ1) is 28.9. The van der Waals surface area contributed by atoms with Crippen LogP contribution in [0.4, 0.5) is 0 Å². The number of fused-ring (bicyclic) bond motifs is 1. The zero-order valence-electron chi connectivity index (χ0n) is 25.6. The van der Waals surface area contributed by atoms with Crippen LogP contribution >= 0.6 is 0 Å². The van der Waals surface area contributed by atoms with Crippen molar-refractivity contribution < 1.29 is 9.59 Å². The van der Waals surface area contributed by atoms with Crippen LogP contribution in [0, 0.1) is 5.92 Å². The molecule has 2 aliphatic rings. The van der Waals surface area contributed by atoms with E-state index in [2.05, 4.69) is 62.4 Å². The Morgan fingerprint density at radius 1 is 0.933 bits per heavy atom. The number of rotatable bonds is 8. The predicted molar refractivity (Wildman–Crippen MR) is 172 cm³/mol. The van der Waals surface area contributed by atoms with Crippen molar-refractivity contribution in [3.05, 3.63) is 102 Å². The van der Waals surface area contributed by atoms with E-state index in [9.17, 15) is 9.59 Å². The molecule has 3 aromatic carbocycles. The molecule has 2 N–H and O–H groups in total. The molecule has 7 rings (SSSR count). The Hall–Kier alpha value is -4.83. The van der Waals surface area contributed by atoms with E-state index in [0.717, 1.165) is 47.2 Å². The molecular formula is C35H38N8O2. The van der Waals surface area contributed by atoms with Crippen molar-refractivity contribution in [1.82, 2.24) is 40.3 Å². The minimum Gasteiger partial charge on any atom is -0.350 e. The van der Waals surface area contributed by atoms with Crippen LogP contribution in [0.2, 0.25) is 0 Å². The van der Waals surface area contributed by atoms with Crippen molar-refractivity contribution in [2.45, 2.75) is 43.8 Å². The zero-order valence-corrected chi connectivity index (χ0v) is 25.6. The highest BCUT2D eigenvalue weighted by Crippen LogP contribution is 2.32. The molecule has 230 valence electrons. The lowest BCUT2D eigenvalue weighted by Gasteiger charge is -2.27. The second-order valence-electron chi connectivity index (χ2n) is 12.4. The van der Waals surface area contributed by atoms with Crippen molar-refractivity contribution in [3.63, 3.8) is 0 Å². The maximum Gasteiger partial charge on any atom is 0.243 e. The van der Waals surface area contributed by atoms with Crippen molar-refractivity contribution in [1.29, 1.82) is 0 Å². The number of likely N-dealkylation sites (tertiary alicyclic amines) is 1. The third-order valence-corrected chi connectivity index (χ3v) is 9.41. The normalized spacial score (nSPS) is 21.4. The average molecular weight is 603 g/mol. The number of hydrogen-bond donors (Lipinski definition) is 2. The fraction of sp³-hybridized carbons (Fsp3) is 0.343. The summed E-state index contributed by atoms with van der Waals surface area (Å²) in [5, 5.41) is 19.1. The quantitative estimate of drug-likeness (QED) is 0.281. The Bertz CT molecular complexity index is 1810. The van der Waals surface area contributed by atoms with Crippen LogP contribution < -0.4 is 10.6 Å². The second-order valence-corrected chi connectivity index (χ2v) is 12.4. The lowest BCUT2D eigenvalue weighted by molar-refractivity contribution is -0.139. The third-order valence-electron chi connectivity index (χ3n) is 9.41. The topological polar surface area (TPSA) is 110 Å². The molecule has 2 saturated heterocycles. The highest BCUT2D eigenvalue weighted by atomic mass is 16.2. The molecule has 0 bridgehead atoms. The molecule has 4 atom stereocenters. The molecule has 0 aliphatic carbocycles. The van der Waals surface area contributed by atoms with Crippen molar-refractivity contribution in [2.75, 3.05) is 13.1 Å². The molecule has 0 radical (unpaired) electrons. The van der Waals surface area contributed by atoms with E-state index in [-0.39, 0.29) is 29.7 Å². The minimum atomic E-state index is -0.519. The Labute approximate surface area is 262 Å². The lowest BCUT2D eigenvalue weighted by atomic mass is 9.95. The van der Waals surface area contributed by atoms with E-state index in [0.29, 0.717) is 19.5 Å². The van der Waals surface area contributed by atoms with Crippen LogP contribution in [-0.4, -0.2) is 66.7 Å². The molecule has 10 heteroatoms. The van der Waals surface area contributed by atoms with Gasteiger partial charge in [0.2, 0.25) is 11.8 Å². The van der Waals surface area contributed by atoms with Crippen molar-refractivity contribution in [2.24, 2.45) is 20.0 Å². The van der Waals surface area contributed by atoms with Gasteiger partial charge < -0.3 is 15.5 Å². The number of benzene rings is 3. The SMILES string of the molecule is Cn1nccc1-c1ccc(C[C@@H]2C[C@@H](C(=O)NCc3ccc4c(c3)nnn4C)N(C(=O)[C@H]3C[C@@H](c4ccccc4)CN3)C2)cc1.